The predicted octanol–water partition coefficient (Wildman–Crippen LogP) is 4.76. The third-order valence-corrected chi connectivity index (χ3v) is 2.99. The molecule has 0 N–H and O–H groups in total. The van der Waals surface area contributed by atoms with Crippen LogP contribution in [0.2, 0.25) is 0 Å². The average Bonchev–Trinajstić information content (AvgIpc) is 2.45. The van der Waals surface area contributed by atoms with Crippen LogP contribution in [0.3, 0.4) is 0 Å². The number of hydrogen-bond acceptors (Lipinski definition) is 1. The molecule has 2 rings (SSSR count). The predicted molar refractivity (Wildman–Crippen MR) is 71.0 cm³/mol. The molecule has 2 aromatic rings. The Kier molecular flexibility index (Phi) is 4.63. The summed E-state index contributed by atoms with van der Waals surface area (Å²) in [6.45, 7) is 0.805. The second-order valence-electron chi connectivity index (χ2n) is 4.63. The van der Waals surface area contributed by atoms with Gasteiger partial charge in [-0.2, -0.15) is 13.2 Å². The van der Waals surface area contributed by atoms with E-state index in [4.69, 9.17) is 4.74 Å². The summed E-state index contributed by atoms with van der Waals surface area (Å²) in [5, 5.41) is 0. The van der Waals surface area contributed by atoms with E-state index in [2.05, 4.69) is 6.07 Å². The summed E-state index contributed by atoms with van der Waals surface area (Å²) in [5.41, 5.74) is 2.09. The van der Waals surface area contributed by atoms with Gasteiger partial charge in [-0.05, 0) is 60.0 Å². The van der Waals surface area contributed by atoms with E-state index in [9.17, 15) is 17.6 Å². The molecule has 1 radical (unpaired) electrons. The molecular formula is C16H13F4O. The van der Waals surface area contributed by atoms with Crippen molar-refractivity contribution in [3.8, 4) is 11.1 Å². The van der Waals surface area contributed by atoms with Crippen LogP contribution in [0.4, 0.5) is 17.6 Å². The summed E-state index contributed by atoms with van der Waals surface area (Å²) < 4.78 is 54.8. The molecule has 0 spiro atoms. The Morgan fingerprint density at radius 2 is 1.76 bits per heavy atom. The second kappa shape index (κ2) is 6.26. The van der Waals surface area contributed by atoms with Crippen molar-refractivity contribution in [2.45, 2.75) is 25.8 Å². The molecular weight excluding hydrogens is 284 g/mol. The van der Waals surface area contributed by atoms with E-state index in [1.807, 2.05) is 0 Å². The van der Waals surface area contributed by atoms with Crippen LogP contribution in [0.25, 0.3) is 11.1 Å². The van der Waals surface area contributed by atoms with Crippen molar-refractivity contribution in [1.29, 1.82) is 0 Å². The second-order valence-corrected chi connectivity index (χ2v) is 4.63. The molecule has 2 aromatic carbocycles. The number of halogens is 4. The maximum Gasteiger partial charge on any atom is 0.414 e. The highest BCUT2D eigenvalue weighted by Gasteiger charge is 2.36. The topological polar surface area (TPSA) is 9.23 Å². The van der Waals surface area contributed by atoms with Gasteiger partial charge < -0.3 is 4.74 Å². The smallest absolute Gasteiger partial charge is 0.364 e. The number of ether oxygens (including phenoxy) is 1. The highest BCUT2D eigenvalue weighted by molar-refractivity contribution is 5.63. The van der Waals surface area contributed by atoms with Gasteiger partial charge in [-0.15, -0.1) is 0 Å². The first kappa shape index (κ1) is 15.5. The lowest BCUT2D eigenvalue weighted by atomic mass is 10.0. The van der Waals surface area contributed by atoms with E-state index < -0.39 is 12.3 Å². The third kappa shape index (κ3) is 4.29. The van der Waals surface area contributed by atoms with Crippen LogP contribution in [0, 0.1) is 11.9 Å². The highest BCUT2D eigenvalue weighted by Crippen LogP contribution is 2.25. The van der Waals surface area contributed by atoms with Gasteiger partial charge in [-0.3, -0.25) is 0 Å². The SMILES string of the molecule is C[C@@H](OCc1c[c]cc(-c2ccc(F)cc2)c1)C(F)(F)F. The molecule has 0 aliphatic carbocycles. The van der Waals surface area contributed by atoms with Gasteiger partial charge in [0.15, 0.2) is 6.10 Å². The molecule has 0 saturated carbocycles. The largest absolute Gasteiger partial charge is 0.414 e. The lowest BCUT2D eigenvalue weighted by molar-refractivity contribution is -0.217. The summed E-state index contributed by atoms with van der Waals surface area (Å²) in [7, 11) is 0. The molecule has 0 aliphatic heterocycles. The summed E-state index contributed by atoms with van der Waals surface area (Å²) in [6.07, 6.45) is -6.20. The van der Waals surface area contributed by atoms with E-state index in [1.54, 1.807) is 30.3 Å². The standard InChI is InChI=1S/C16H13F4O/c1-11(16(18,19)20)21-10-12-3-2-4-14(9-12)13-5-7-15(17)8-6-13/h3-9,11H,10H2,1H3/t11-/m1/s1. The summed E-state index contributed by atoms with van der Waals surface area (Å²) >= 11 is 0. The highest BCUT2D eigenvalue weighted by atomic mass is 19.4. The molecule has 0 bridgehead atoms. The maximum atomic E-state index is 12.9. The van der Waals surface area contributed by atoms with Gasteiger partial charge in [0.1, 0.15) is 5.82 Å². The molecule has 21 heavy (non-hydrogen) atoms. The van der Waals surface area contributed by atoms with Crippen molar-refractivity contribution >= 4 is 0 Å². The van der Waals surface area contributed by atoms with Gasteiger partial charge in [-0.1, -0.05) is 12.1 Å². The van der Waals surface area contributed by atoms with Crippen molar-refractivity contribution in [3.63, 3.8) is 0 Å². The third-order valence-electron chi connectivity index (χ3n) is 2.99. The zero-order chi connectivity index (χ0) is 15.5. The Labute approximate surface area is 120 Å². The van der Waals surface area contributed by atoms with Crippen molar-refractivity contribution in [3.05, 3.63) is 59.9 Å². The molecule has 1 nitrogen and oxygen atoms in total. The molecule has 0 aliphatic rings. The Morgan fingerprint density at radius 3 is 2.38 bits per heavy atom. The Hall–Kier alpha value is -1.88. The van der Waals surface area contributed by atoms with Crippen LogP contribution in [-0.4, -0.2) is 12.3 Å². The van der Waals surface area contributed by atoms with Crippen molar-refractivity contribution < 1.29 is 22.3 Å². The van der Waals surface area contributed by atoms with Crippen LogP contribution in [-0.2, 0) is 11.3 Å². The van der Waals surface area contributed by atoms with Crippen LogP contribution < -0.4 is 0 Å². The molecule has 0 unspecified atom stereocenters. The van der Waals surface area contributed by atoms with Gasteiger partial charge >= 0.3 is 6.18 Å². The van der Waals surface area contributed by atoms with E-state index in [0.29, 0.717) is 5.56 Å². The maximum absolute atomic E-state index is 12.9. The summed E-state index contributed by atoms with van der Waals surface area (Å²) in [4.78, 5) is 0. The minimum atomic E-state index is -4.38. The van der Waals surface area contributed by atoms with E-state index >= 15 is 0 Å². The molecule has 0 saturated heterocycles. The first-order valence-corrected chi connectivity index (χ1v) is 6.30. The van der Waals surface area contributed by atoms with E-state index in [1.165, 1.54) is 12.1 Å². The number of rotatable bonds is 4. The number of hydrogen-bond donors (Lipinski definition) is 0. The molecule has 0 aromatic heterocycles. The quantitative estimate of drug-likeness (QED) is 0.739. The lowest BCUT2D eigenvalue weighted by Gasteiger charge is -2.16. The van der Waals surface area contributed by atoms with Gasteiger partial charge in [0.25, 0.3) is 0 Å². The normalized spacial score (nSPS) is 13.2. The first-order chi connectivity index (χ1) is 9.86. The van der Waals surface area contributed by atoms with Crippen LogP contribution >= 0.6 is 0 Å². The Bertz CT molecular complexity index is 590. The zero-order valence-electron chi connectivity index (χ0n) is 11.2. The van der Waals surface area contributed by atoms with Crippen molar-refractivity contribution in [2.75, 3.05) is 0 Å². The summed E-state index contributed by atoms with van der Waals surface area (Å²) in [5.74, 6) is -0.346. The van der Waals surface area contributed by atoms with E-state index in [0.717, 1.165) is 18.1 Å². The fraction of sp³-hybridized carbons (Fsp3) is 0.250. The van der Waals surface area contributed by atoms with Crippen LogP contribution in [0.15, 0.2) is 42.5 Å². The van der Waals surface area contributed by atoms with Gasteiger partial charge in [0.05, 0.1) is 6.61 Å². The molecule has 111 valence electrons. The first-order valence-electron chi connectivity index (χ1n) is 6.30. The molecule has 0 fully saturated rings. The van der Waals surface area contributed by atoms with Gasteiger partial charge in [-0.25, -0.2) is 4.39 Å². The van der Waals surface area contributed by atoms with Crippen molar-refractivity contribution in [1.82, 2.24) is 0 Å². The molecule has 0 heterocycles. The molecule has 5 heteroatoms. The zero-order valence-corrected chi connectivity index (χ0v) is 11.2. The molecule has 1 atom stereocenters. The van der Waals surface area contributed by atoms with Crippen LogP contribution in [0.5, 0.6) is 0 Å². The van der Waals surface area contributed by atoms with Gasteiger partial charge in [0.2, 0.25) is 0 Å². The number of alkyl halides is 3. The summed E-state index contributed by atoms with van der Waals surface area (Å²) in [6, 6.07) is 13.6. The lowest BCUT2D eigenvalue weighted by Crippen LogP contribution is -2.28. The van der Waals surface area contributed by atoms with Gasteiger partial charge in [0, 0.05) is 0 Å². The monoisotopic (exact) mass is 297 g/mol. The van der Waals surface area contributed by atoms with Crippen molar-refractivity contribution in [2.24, 2.45) is 0 Å². The van der Waals surface area contributed by atoms with Crippen LogP contribution in [0.1, 0.15) is 12.5 Å². The fourth-order valence-corrected chi connectivity index (χ4v) is 1.73. The minimum Gasteiger partial charge on any atom is -0.364 e. The fourth-order valence-electron chi connectivity index (χ4n) is 1.73. The minimum absolute atomic E-state index is 0.161. The Balaban J connectivity index is 2.09. The van der Waals surface area contributed by atoms with E-state index in [-0.39, 0.29) is 12.4 Å². The Morgan fingerprint density at radius 1 is 1.10 bits per heavy atom. The number of benzene rings is 2. The average molecular weight is 297 g/mol. The molecule has 0 amide bonds.